The van der Waals surface area contributed by atoms with Crippen molar-refractivity contribution >= 4 is 5.91 Å². The molecule has 1 saturated carbocycles. The van der Waals surface area contributed by atoms with Crippen LogP contribution in [0.3, 0.4) is 0 Å². The lowest BCUT2D eigenvalue weighted by atomic mass is 9.95. The van der Waals surface area contributed by atoms with Gasteiger partial charge in [-0.2, -0.15) is 0 Å². The van der Waals surface area contributed by atoms with Crippen LogP contribution in [0.1, 0.15) is 53.4 Å². The van der Waals surface area contributed by atoms with Crippen LogP contribution in [-0.4, -0.2) is 42.9 Å². The highest BCUT2D eigenvalue weighted by molar-refractivity contribution is 5.84. The Labute approximate surface area is 122 Å². The molecule has 118 valence electrons. The molecule has 0 saturated heterocycles. The molecular weight excluding hydrogens is 256 g/mol. The lowest BCUT2D eigenvalue weighted by Crippen LogP contribution is -2.54. The van der Waals surface area contributed by atoms with Crippen molar-refractivity contribution in [3.05, 3.63) is 0 Å². The fourth-order valence-corrected chi connectivity index (χ4v) is 1.98. The summed E-state index contributed by atoms with van der Waals surface area (Å²) in [6, 6.07) is 0.466. The molecule has 0 aliphatic heterocycles. The number of ether oxygens (including phenoxy) is 2. The topological polar surface area (TPSA) is 73.6 Å². The lowest BCUT2D eigenvalue weighted by molar-refractivity contribution is -0.124. The van der Waals surface area contributed by atoms with Crippen LogP contribution in [0, 0.1) is 0 Å². The highest BCUT2D eigenvalue weighted by Gasteiger charge is 2.36. The summed E-state index contributed by atoms with van der Waals surface area (Å²) < 4.78 is 11.1. The number of amides is 1. The zero-order valence-electron chi connectivity index (χ0n) is 13.3. The van der Waals surface area contributed by atoms with Crippen molar-refractivity contribution in [2.75, 3.05) is 19.8 Å². The Kier molecular flexibility index (Phi) is 6.43. The number of hydrogen-bond acceptors (Lipinski definition) is 4. The molecule has 20 heavy (non-hydrogen) atoms. The number of carbonyl (C=O) groups excluding carboxylic acids is 1. The summed E-state index contributed by atoms with van der Waals surface area (Å²) in [5.41, 5.74) is 4.77. The lowest BCUT2D eigenvalue weighted by Gasteiger charge is -2.27. The van der Waals surface area contributed by atoms with Crippen LogP contribution < -0.4 is 11.1 Å². The zero-order chi connectivity index (χ0) is 15.2. The maximum atomic E-state index is 11.6. The Bertz CT molecular complexity index is 311. The van der Waals surface area contributed by atoms with Crippen LogP contribution in [0.25, 0.3) is 0 Å². The van der Waals surface area contributed by atoms with Crippen molar-refractivity contribution in [2.45, 2.75) is 70.6 Å². The van der Waals surface area contributed by atoms with E-state index >= 15 is 0 Å². The fourth-order valence-electron chi connectivity index (χ4n) is 1.98. The third-order valence-corrected chi connectivity index (χ3v) is 3.37. The first kappa shape index (κ1) is 17.4. The van der Waals surface area contributed by atoms with E-state index in [0.717, 1.165) is 19.3 Å². The third kappa shape index (κ3) is 7.22. The van der Waals surface area contributed by atoms with Crippen LogP contribution in [0.15, 0.2) is 0 Å². The van der Waals surface area contributed by atoms with E-state index in [1.54, 1.807) is 0 Å². The number of rotatable bonds is 10. The summed E-state index contributed by atoms with van der Waals surface area (Å²) in [6.07, 6.45) is 3.81. The van der Waals surface area contributed by atoms with Gasteiger partial charge in [-0.05, 0) is 53.4 Å². The summed E-state index contributed by atoms with van der Waals surface area (Å²) in [7, 11) is 0. The van der Waals surface area contributed by atoms with E-state index in [9.17, 15) is 4.79 Å². The molecule has 5 nitrogen and oxygen atoms in total. The van der Waals surface area contributed by atoms with E-state index in [1.165, 1.54) is 0 Å². The molecule has 0 aromatic rings. The van der Waals surface area contributed by atoms with Gasteiger partial charge in [0.1, 0.15) is 0 Å². The minimum absolute atomic E-state index is 0.123. The predicted octanol–water partition coefficient (Wildman–Crippen LogP) is 1.59. The van der Waals surface area contributed by atoms with Crippen LogP contribution in [0.4, 0.5) is 0 Å². The summed E-state index contributed by atoms with van der Waals surface area (Å²) in [5.74, 6) is -0.277. The van der Waals surface area contributed by atoms with Gasteiger partial charge in [0, 0.05) is 12.6 Å². The number of hydrogen-bond donors (Lipinski definition) is 2. The van der Waals surface area contributed by atoms with Crippen molar-refractivity contribution in [3.8, 4) is 0 Å². The molecule has 1 unspecified atom stereocenters. The smallest absolute Gasteiger partial charge is 0.237 e. The van der Waals surface area contributed by atoms with Gasteiger partial charge >= 0.3 is 0 Å². The maximum absolute atomic E-state index is 11.6. The normalized spacial score (nSPS) is 18.8. The number of primary amides is 1. The van der Waals surface area contributed by atoms with Gasteiger partial charge in [0.2, 0.25) is 5.91 Å². The number of nitrogens with one attached hydrogen (secondary N) is 1. The molecule has 0 heterocycles. The van der Waals surface area contributed by atoms with E-state index in [-0.39, 0.29) is 11.5 Å². The molecule has 1 atom stereocenters. The second kappa shape index (κ2) is 7.38. The highest BCUT2D eigenvalue weighted by atomic mass is 16.5. The van der Waals surface area contributed by atoms with Gasteiger partial charge in [0.15, 0.2) is 0 Å². The number of nitrogens with two attached hydrogens (primary N) is 1. The van der Waals surface area contributed by atoms with Gasteiger partial charge in [-0.1, -0.05) is 0 Å². The molecule has 1 aliphatic carbocycles. The van der Waals surface area contributed by atoms with E-state index in [4.69, 9.17) is 15.2 Å². The molecule has 5 heteroatoms. The van der Waals surface area contributed by atoms with Crippen LogP contribution in [-0.2, 0) is 14.3 Å². The fraction of sp³-hybridized carbons (Fsp3) is 0.933. The summed E-state index contributed by atoms with van der Waals surface area (Å²) >= 11 is 0. The van der Waals surface area contributed by atoms with Gasteiger partial charge in [-0.25, -0.2) is 0 Å². The molecule has 1 rings (SSSR count). The Morgan fingerprint density at radius 3 is 2.35 bits per heavy atom. The molecule has 3 N–H and O–H groups in total. The molecule has 1 amide bonds. The van der Waals surface area contributed by atoms with Crippen molar-refractivity contribution in [2.24, 2.45) is 5.73 Å². The maximum Gasteiger partial charge on any atom is 0.237 e. The molecular formula is C15H30N2O3. The van der Waals surface area contributed by atoms with Crippen molar-refractivity contribution in [3.63, 3.8) is 0 Å². The van der Waals surface area contributed by atoms with E-state index < -0.39 is 5.54 Å². The van der Waals surface area contributed by atoms with Gasteiger partial charge in [-0.3, -0.25) is 4.79 Å². The van der Waals surface area contributed by atoms with Gasteiger partial charge in [0.05, 0.1) is 24.4 Å². The first-order chi connectivity index (χ1) is 9.23. The standard InChI is InChI=1S/C15H30N2O3/c1-14(2,3)20-11-10-19-9-5-8-15(4,13(16)18)17-12-6-7-12/h12,17H,5-11H2,1-4H3,(H2,16,18). The second-order valence-electron chi connectivity index (χ2n) is 6.79. The van der Waals surface area contributed by atoms with Crippen LogP contribution in [0.5, 0.6) is 0 Å². The predicted molar refractivity (Wildman–Crippen MR) is 79.5 cm³/mol. The highest BCUT2D eigenvalue weighted by Crippen LogP contribution is 2.24. The minimum Gasteiger partial charge on any atom is -0.379 e. The second-order valence-corrected chi connectivity index (χ2v) is 6.79. The quantitative estimate of drug-likeness (QED) is 0.598. The number of carbonyl (C=O) groups is 1. The van der Waals surface area contributed by atoms with Crippen molar-refractivity contribution in [1.82, 2.24) is 5.32 Å². The Balaban J connectivity index is 2.10. The first-order valence-corrected chi connectivity index (χ1v) is 7.52. The SMILES string of the molecule is CC(C)(C)OCCOCCCC(C)(NC1CC1)C(N)=O. The van der Waals surface area contributed by atoms with Crippen molar-refractivity contribution < 1.29 is 14.3 Å². The van der Waals surface area contributed by atoms with Crippen molar-refractivity contribution in [1.29, 1.82) is 0 Å². The third-order valence-electron chi connectivity index (χ3n) is 3.37. The molecule has 1 aliphatic rings. The largest absolute Gasteiger partial charge is 0.379 e. The Morgan fingerprint density at radius 1 is 1.20 bits per heavy atom. The first-order valence-electron chi connectivity index (χ1n) is 7.52. The van der Waals surface area contributed by atoms with E-state index in [0.29, 0.717) is 32.3 Å². The van der Waals surface area contributed by atoms with Gasteiger partial charge < -0.3 is 20.5 Å². The molecule has 0 spiro atoms. The Morgan fingerprint density at radius 2 is 1.85 bits per heavy atom. The van der Waals surface area contributed by atoms with Crippen LogP contribution in [0.2, 0.25) is 0 Å². The summed E-state index contributed by atoms with van der Waals surface area (Å²) in [4.78, 5) is 11.6. The average Bonchev–Trinajstić information content (AvgIpc) is 3.10. The molecule has 1 fully saturated rings. The molecule has 0 aromatic carbocycles. The van der Waals surface area contributed by atoms with Crippen LogP contribution >= 0.6 is 0 Å². The van der Waals surface area contributed by atoms with E-state index in [2.05, 4.69) is 5.32 Å². The van der Waals surface area contributed by atoms with E-state index in [1.807, 2.05) is 27.7 Å². The molecule has 0 radical (unpaired) electrons. The van der Waals surface area contributed by atoms with Gasteiger partial charge in [-0.15, -0.1) is 0 Å². The summed E-state index contributed by atoms with van der Waals surface area (Å²) in [6.45, 7) is 9.76. The average molecular weight is 286 g/mol. The monoisotopic (exact) mass is 286 g/mol. The Hall–Kier alpha value is -0.650. The van der Waals surface area contributed by atoms with Gasteiger partial charge in [0.25, 0.3) is 0 Å². The zero-order valence-corrected chi connectivity index (χ0v) is 13.3. The minimum atomic E-state index is -0.605. The molecule has 0 bridgehead atoms. The summed E-state index contributed by atoms with van der Waals surface area (Å²) in [5, 5.41) is 3.33. The molecule has 0 aromatic heterocycles.